The molecule has 0 radical (unpaired) electrons. The third-order valence-corrected chi connectivity index (χ3v) is 0.371. The molecule has 0 aromatic carbocycles. The molecule has 0 rings (SSSR count). The summed E-state index contributed by atoms with van der Waals surface area (Å²) in [4.78, 5) is 9.90. The number of rotatable bonds is 1. The van der Waals surface area contributed by atoms with E-state index in [0.29, 0.717) is 0 Å². The summed E-state index contributed by atoms with van der Waals surface area (Å²) in [5, 5.41) is 9.92. The summed E-state index contributed by atoms with van der Waals surface area (Å²) in [6.07, 6.45) is 4.58. The highest BCUT2D eigenvalue weighted by Gasteiger charge is 1.85. The molecule has 0 unspecified atom stereocenters. The van der Waals surface area contributed by atoms with Crippen molar-refractivity contribution < 1.29 is 9.90 Å². The smallest absolute Gasteiger partial charge is 0.297 e. The molecule has 38 valence electrons. The van der Waals surface area contributed by atoms with Crippen LogP contribution in [-0.4, -0.2) is 17.7 Å². The first-order valence-corrected chi connectivity index (χ1v) is 1.66. The van der Waals surface area contributed by atoms with E-state index < -0.39 is 12.6 Å². The van der Waals surface area contributed by atoms with E-state index >= 15 is 0 Å². The molecule has 0 aliphatic heterocycles. The van der Waals surface area contributed by atoms with Gasteiger partial charge in [-0.3, -0.25) is 4.79 Å². The summed E-state index contributed by atoms with van der Waals surface area (Å²) >= 11 is 0. The molecule has 0 saturated carbocycles. The minimum absolute atomic E-state index is 0.400. The predicted octanol–water partition coefficient (Wildman–Crippen LogP) is -1.31. The number of hydrogen-bond acceptors (Lipinski definition) is 2. The van der Waals surface area contributed by atoms with Crippen LogP contribution in [-0.2, 0) is 4.79 Å². The molecule has 0 atom stereocenters. The zero-order valence-electron chi connectivity index (χ0n) is 3.64. The van der Waals surface area contributed by atoms with Crippen molar-refractivity contribution in [1.82, 2.24) is 5.32 Å². The van der Waals surface area contributed by atoms with Crippen molar-refractivity contribution in [2.24, 2.45) is 0 Å². The molecule has 3 nitrogen and oxygen atoms in total. The monoisotopic (exact) mass is 99.0 g/mol. The lowest BCUT2D eigenvalue weighted by molar-refractivity contribution is -0.116. The molecule has 2 N–H and O–H groups in total. The summed E-state index contributed by atoms with van der Waals surface area (Å²) in [6, 6.07) is 0. The fourth-order valence-electron chi connectivity index (χ4n) is 0.123. The van der Waals surface area contributed by atoms with Gasteiger partial charge in [-0.05, 0) is 5.92 Å². The van der Waals surface area contributed by atoms with Crippen LogP contribution in [0.5, 0.6) is 0 Å². The quantitative estimate of drug-likeness (QED) is 0.316. The normalized spacial score (nSPS) is 6.86. The number of carbonyl (C=O) groups excluding carboxylic acids is 1. The van der Waals surface area contributed by atoms with Crippen molar-refractivity contribution in [2.45, 2.75) is 0 Å². The molecule has 1 amide bonds. The Hall–Kier alpha value is -1.01. The van der Waals surface area contributed by atoms with Crippen molar-refractivity contribution >= 4 is 5.91 Å². The van der Waals surface area contributed by atoms with Crippen LogP contribution in [0.2, 0.25) is 0 Å². The van der Waals surface area contributed by atoms with Crippen molar-refractivity contribution in [2.75, 3.05) is 6.73 Å². The average molecular weight is 99.1 g/mol. The third-order valence-electron chi connectivity index (χ3n) is 0.371. The van der Waals surface area contributed by atoms with Crippen LogP contribution in [0.15, 0.2) is 0 Å². The van der Waals surface area contributed by atoms with Gasteiger partial charge in [0.25, 0.3) is 5.91 Å². The van der Waals surface area contributed by atoms with E-state index in [1.165, 1.54) is 0 Å². The fraction of sp³-hybridized carbons (Fsp3) is 0.250. The second-order valence-electron chi connectivity index (χ2n) is 0.808. The first-order chi connectivity index (χ1) is 3.31. The number of terminal acetylenes is 1. The molecule has 0 aromatic rings. The molecule has 0 heterocycles. The molecule has 7 heavy (non-hydrogen) atoms. The molecule has 0 aromatic heterocycles. The molecular formula is C4H5NO2. The molecule has 0 aliphatic carbocycles. The van der Waals surface area contributed by atoms with Crippen LogP contribution in [0.1, 0.15) is 0 Å². The highest BCUT2D eigenvalue weighted by atomic mass is 16.3. The Balaban J connectivity index is 3.24. The summed E-state index contributed by atoms with van der Waals surface area (Å²) in [6.45, 7) is -0.400. The molecule has 0 aliphatic rings. The number of amides is 1. The Kier molecular flexibility index (Phi) is 2.73. The van der Waals surface area contributed by atoms with Crippen LogP contribution >= 0.6 is 0 Å². The molecule has 0 fully saturated rings. The Morgan fingerprint density at radius 1 is 2.00 bits per heavy atom. The van der Waals surface area contributed by atoms with Gasteiger partial charge in [-0.15, -0.1) is 6.42 Å². The van der Waals surface area contributed by atoms with Gasteiger partial charge in [0.15, 0.2) is 0 Å². The summed E-state index contributed by atoms with van der Waals surface area (Å²) in [5.41, 5.74) is 0. The van der Waals surface area contributed by atoms with Gasteiger partial charge in [0.2, 0.25) is 0 Å². The highest BCUT2D eigenvalue weighted by molar-refractivity contribution is 5.92. The molecule has 0 spiro atoms. The fourth-order valence-corrected chi connectivity index (χ4v) is 0.123. The van der Waals surface area contributed by atoms with Gasteiger partial charge in [-0.25, -0.2) is 0 Å². The average Bonchev–Trinajstić information content (AvgIpc) is 1.68. The molecule has 0 bridgehead atoms. The van der Waals surface area contributed by atoms with E-state index in [2.05, 4.69) is 6.42 Å². The lowest BCUT2D eigenvalue weighted by Gasteiger charge is -1.87. The van der Waals surface area contributed by atoms with Gasteiger partial charge in [-0.2, -0.15) is 0 Å². The summed E-state index contributed by atoms with van der Waals surface area (Å²) in [5.74, 6) is 1.16. The third kappa shape index (κ3) is 2.80. The zero-order chi connectivity index (χ0) is 5.70. The Labute approximate surface area is 41.3 Å². The predicted molar refractivity (Wildman–Crippen MR) is 24.1 cm³/mol. The largest absolute Gasteiger partial charge is 0.376 e. The Morgan fingerprint density at radius 2 is 2.57 bits per heavy atom. The van der Waals surface area contributed by atoms with Gasteiger partial charge in [0.05, 0.1) is 0 Å². The van der Waals surface area contributed by atoms with Crippen molar-refractivity contribution in [3.8, 4) is 12.3 Å². The van der Waals surface area contributed by atoms with E-state index in [1.54, 1.807) is 5.92 Å². The minimum Gasteiger partial charge on any atom is -0.376 e. The van der Waals surface area contributed by atoms with Gasteiger partial charge < -0.3 is 10.4 Å². The van der Waals surface area contributed by atoms with E-state index in [-0.39, 0.29) is 0 Å². The van der Waals surface area contributed by atoms with E-state index in [9.17, 15) is 4.79 Å². The lowest BCUT2D eigenvalue weighted by atomic mass is 10.6. The first kappa shape index (κ1) is 5.99. The second-order valence-corrected chi connectivity index (χ2v) is 0.808. The number of aliphatic hydroxyl groups excluding tert-OH is 1. The SMILES string of the molecule is C#CC(=O)NCO. The lowest BCUT2D eigenvalue weighted by Crippen LogP contribution is -2.21. The maximum atomic E-state index is 9.90. The first-order valence-electron chi connectivity index (χ1n) is 1.66. The Morgan fingerprint density at radius 3 is 2.71 bits per heavy atom. The maximum Gasteiger partial charge on any atom is 0.297 e. The van der Waals surface area contributed by atoms with Crippen LogP contribution in [0.3, 0.4) is 0 Å². The van der Waals surface area contributed by atoms with E-state index in [1.807, 2.05) is 5.32 Å². The van der Waals surface area contributed by atoms with E-state index in [4.69, 9.17) is 5.11 Å². The zero-order valence-corrected chi connectivity index (χ0v) is 3.64. The topological polar surface area (TPSA) is 49.3 Å². The number of nitrogens with one attached hydrogen (secondary N) is 1. The minimum atomic E-state index is -0.595. The van der Waals surface area contributed by atoms with E-state index in [0.717, 1.165) is 0 Å². The van der Waals surface area contributed by atoms with Gasteiger partial charge in [0, 0.05) is 0 Å². The second kappa shape index (κ2) is 3.19. The molecule has 0 saturated heterocycles. The number of aliphatic hydroxyl groups is 1. The highest BCUT2D eigenvalue weighted by Crippen LogP contribution is 1.52. The summed E-state index contributed by atoms with van der Waals surface area (Å²) in [7, 11) is 0. The van der Waals surface area contributed by atoms with Crippen molar-refractivity contribution in [3.63, 3.8) is 0 Å². The number of hydrogen-bond donors (Lipinski definition) is 2. The van der Waals surface area contributed by atoms with Gasteiger partial charge >= 0.3 is 0 Å². The van der Waals surface area contributed by atoms with Crippen molar-refractivity contribution in [3.05, 3.63) is 0 Å². The summed E-state index contributed by atoms with van der Waals surface area (Å²) < 4.78 is 0. The van der Waals surface area contributed by atoms with Crippen LogP contribution in [0, 0.1) is 12.3 Å². The Bertz CT molecular complexity index is 103. The van der Waals surface area contributed by atoms with Crippen LogP contribution in [0.25, 0.3) is 0 Å². The maximum absolute atomic E-state index is 9.90. The van der Waals surface area contributed by atoms with Crippen LogP contribution in [0.4, 0.5) is 0 Å². The standard InChI is InChI=1S/C4H5NO2/c1-2-4(7)5-3-6/h1,6H,3H2,(H,5,7). The van der Waals surface area contributed by atoms with Crippen LogP contribution < -0.4 is 5.32 Å². The number of carbonyl (C=O) groups is 1. The van der Waals surface area contributed by atoms with Gasteiger partial charge in [-0.1, -0.05) is 0 Å². The van der Waals surface area contributed by atoms with Gasteiger partial charge in [0.1, 0.15) is 6.73 Å². The molecule has 3 heteroatoms. The van der Waals surface area contributed by atoms with Crippen molar-refractivity contribution in [1.29, 1.82) is 0 Å². The molecular weight excluding hydrogens is 94.0 g/mol.